The van der Waals surface area contributed by atoms with Crippen molar-refractivity contribution in [3.05, 3.63) is 35.9 Å². The molecule has 7 nitrogen and oxygen atoms in total. The Kier molecular flexibility index (Phi) is 6.64. The zero-order valence-electron chi connectivity index (χ0n) is 16.4. The SMILES string of the molecule is CC(C)CC1(C(=O)OCc2ccccc2)COS(=O)N1C(=O)OC(C)(C)C. The predicted molar refractivity (Wildman–Crippen MR) is 101 cm³/mol. The van der Waals surface area contributed by atoms with Gasteiger partial charge in [-0.3, -0.25) is 4.18 Å². The molecular weight excluding hydrogens is 370 g/mol. The molecule has 1 aliphatic heterocycles. The van der Waals surface area contributed by atoms with Crippen molar-refractivity contribution in [3.8, 4) is 0 Å². The van der Waals surface area contributed by atoms with Gasteiger partial charge in [0.05, 0.1) is 0 Å². The van der Waals surface area contributed by atoms with E-state index in [0.717, 1.165) is 9.87 Å². The van der Waals surface area contributed by atoms with E-state index < -0.39 is 34.5 Å². The number of ether oxygens (including phenoxy) is 2. The van der Waals surface area contributed by atoms with Gasteiger partial charge in [0, 0.05) is 0 Å². The van der Waals surface area contributed by atoms with E-state index in [1.807, 2.05) is 44.2 Å². The molecule has 1 heterocycles. The summed E-state index contributed by atoms with van der Waals surface area (Å²) in [7, 11) is 0. The third kappa shape index (κ3) is 5.29. The first-order chi connectivity index (χ1) is 12.5. The minimum absolute atomic E-state index is 0.0258. The van der Waals surface area contributed by atoms with Crippen LogP contribution in [0.25, 0.3) is 0 Å². The summed E-state index contributed by atoms with van der Waals surface area (Å²) >= 11 is -2.12. The van der Waals surface area contributed by atoms with Crippen LogP contribution in [0.5, 0.6) is 0 Å². The fraction of sp³-hybridized carbons (Fsp3) is 0.579. The third-order valence-electron chi connectivity index (χ3n) is 3.83. The van der Waals surface area contributed by atoms with Gasteiger partial charge in [-0.15, -0.1) is 0 Å². The van der Waals surface area contributed by atoms with Crippen molar-refractivity contribution >= 4 is 23.3 Å². The Balaban J connectivity index is 2.28. The summed E-state index contributed by atoms with van der Waals surface area (Å²) in [6, 6.07) is 9.21. The van der Waals surface area contributed by atoms with Crippen LogP contribution in [0.1, 0.15) is 46.6 Å². The Bertz CT molecular complexity index is 700. The maximum atomic E-state index is 13.0. The number of benzene rings is 1. The van der Waals surface area contributed by atoms with E-state index in [2.05, 4.69) is 0 Å². The Morgan fingerprint density at radius 3 is 2.44 bits per heavy atom. The summed E-state index contributed by atoms with van der Waals surface area (Å²) in [6.45, 7) is 8.74. The number of nitrogens with zero attached hydrogens (tertiary/aromatic N) is 1. The lowest BCUT2D eigenvalue weighted by molar-refractivity contribution is -0.157. The minimum atomic E-state index is -2.12. The monoisotopic (exact) mass is 397 g/mol. The highest BCUT2D eigenvalue weighted by Gasteiger charge is 2.58. The second-order valence-electron chi connectivity index (χ2n) is 7.95. The molecule has 1 amide bonds. The number of rotatable bonds is 5. The van der Waals surface area contributed by atoms with Crippen molar-refractivity contribution in [3.63, 3.8) is 0 Å². The molecule has 8 heteroatoms. The molecule has 2 rings (SSSR count). The summed E-state index contributed by atoms with van der Waals surface area (Å²) in [6.07, 6.45) is -0.623. The van der Waals surface area contributed by atoms with E-state index in [9.17, 15) is 13.8 Å². The van der Waals surface area contributed by atoms with Crippen LogP contribution in [0.3, 0.4) is 0 Å². The standard InChI is InChI=1S/C19H27NO6S/c1-14(2)11-19(16(21)24-12-15-9-7-6-8-10-15)13-25-27(23)20(19)17(22)26-18(3,4)5/h6-10,14H,11-13H2,1-5H3. The Morgan fingerprint density at radius 1 is 1.26 bits per heavy atom. The molecule has 0 aromatic heterocycles. The quantitative estimate of drug-likeness (QED) is 0.709. The van der Waals surface area contributed by atoms with Crippen molar-refractivity contribution < 1.29 is 27.5 Å². The fourth-order valence-corrected chi connectivity index (χ4v) is 3.89. The van der Waals surface area contributed by atoms with Crippen LogP contribution in [0.4, 0.5) is 4.79 Å². The average molecular weight is 397 g/mol. The van der Waals surface area contributed by atoms with Gasteiger partial charge < -0.3 is 9.47 Å². The first kappa shape index (κ1) is 21.4. The van der Waals surface area contributed by atoms with E-state index in [-0.39, 0.29) is 25.6 Å². The highest BCUT2D eigenvalue weighted by molar-refractivity contribution is 7.78. The second-order valence-corrected chi connectivity index (χ2v) is 8.98. The van der Waals surface area contributed by atoms with Gasteiger partial charge >= 0.3 is 12.1 Å². The maximum Gasteiger partial charge on any atom is 0.425 e. The lowest BCUT2D eigenvalue weighted by Crippen LogP contribution is -2.57. The van der Waals surface area contributed by atoms with Crippen LogP contribution >= 0.6 is 0 Å². The van der Waals surface area contributed by atoms with Crippen LogP contribution in [-0.4, -0.2) is 38.3 Å². The van der Waals surface area contributed by atoms with Crippen molar-refractivity contribution in [2.45, 2.75) is 58.8 Å². The number of hydrogen-bond donors (Lipinski definition) is 0. The van der Waals surface area contributed by atoms with Gasteiger partial charge in [-0.1, -0.05) is 44.2 Å². The van der Waals surface area contributed by atoms with Crippen LogP contribution in [0.2, 0.25) is 0 Å². The van der Waals surface area contributed by atoms with Crippen LogP contribution in [0.15, 0.2) is 30.3 Å². The van der Waals surface area contributed by atoms with Gasteiger partial charge in [-0.25, -0.2) is 13.8 Å². The van der Waals surface area contributed by atoms with Crippen LogP contribution in [-0.2, 0) is 36.3 Å². The fourth-order valence-electron chi connectivity index (χ4n) is 2.84. The lowest BCUT2D eigenvalue weighted by Gasteiger charge is -2.34. The molecule has 1 aromatic carbocycles. The second kappa shape index (κ2) is 8.39. The highest BCUT2D eigenvalue weighted by Crippen LogP contribution is 2.35. The molecule has 1 aliphatic rings. The van der Waals surface area contributed by atoms with Gasteiger partial charge in [0.15, 0.2) is 5.54 Å². The summed E-state index contributed by atoms with van der Waals surface area (Å²) < 4.78 is 29.3. The van der Waals surface area contributed by atoms with Crippen LogP contribution < -0.4 is 0 Å². The van der Waals surface area contributed by atoms with Crippen molar-refractivity contribution in [2.24, 2.45) is 5.92 Å². The molecule has 1 aromatic rings. The number of hydrogen-bond acceptors (Lipinski definition) is 6. The van der Waals surface area contributed by atoms with E-state index in [1.54, 1.807) is 20.8 Å². The normalized spacial score (nSPS) is 22.7. The molecule has 1 saturated heterocycles. The molecule has 0 spiro atoms. The summed E-state index contributed by atoms with van der Waals surface area (Å²) in [4.78, 5) is 25.7. The third-order valence-corrected chi connectivity index (χ3v) is 4.95. The topological polar surface area (TPSA) is 82.1 Å². The lowest BCUT2D eigenvalue weighted by atomic mass is 9.89. The Morgan fingerprint density at radius 2 is 1.89 bits per heavy atom. The highest BCUT2D eigenvalue weighted by atomic mass is 32.2. The summed E-state index contributed by atoms with van der Waals surface area (Å²) in [5, 5.41) is 0. The first-order valence-electron chi connectivity index (χ1n) is 8.85. The van der Waals surface area contributed by atoms with Gasteiger partial charge in [0.1, 0.15) is 18.8 Å². The summed E-state index contributed by atoms with van der Waals surface area (Å²) in [5.74, 6) is -0.630. The average Bonchev–Trinajstić information content (AvgIpc) is 2.89. The molecule has 2 unspecified atom stereocenters. The molecular formula is C19H27NO6S. The minimum Gasteiger partial charge on any atom is -0.459 e. The van der Waals surface area contributed by atoms with Gasteiger partial charge in [0.25, 0.3) is 11.3 Å². The van der Waals surface area contributed by atoms with E-state index >= 15 is 0 Å². The Hall–Kier alpha value is -1.93. The summed E-state index contributed by atoms with van der Waals surface area (Å²) in [5.41, 5.74) is -1.48. The molecule has 0 saturated carbocycles. The smallest absolute Gasteiger partial charge is 0.425 e. The number of carbonyl (C=O) groups excluding carboxylic acids is 2. The van der Waals surface area contributed by atoms with Gasteiger partial charge in [-0.05, 0) is 38.7 Å². The van der Waals surface area contributed by atoms with Crippen molar-refractivity contribution in [1.82, 2.24) is 4.31 Å². The van der Waals surface area contributed by atoms with Gasteiger partial charge in [0.2, 0.25) is 0 Å². The largest absolute Gasteiger partial charge is 0.459 e. The molecule has 0 radical (unpaired) electrons. The number of carbonyl (C=O) groups is 2. The van der Waals surface area contributed by atoms with Crippen molar-refractivity contribution in [2.75, 3.05) is 6.61 Å². The van der Waals surface area contributed by atoms with E-state index in [0.29, 0.717) is 0 Å². The molecule has 1 fully saturated rings. The zero-order chi connectivity index (χ0) is 20.2. The maximum absolute atomic E-state index is 13.0. The van der Waals surface area contributed by atoms with Gasteiger partial charge in [-0.2, -0.15) is 4.31 Å². The Labute approximate surface area is 162 Å². The molecule has 0 aliphatic carbocycles. The first-order valence-corrected chi connectivity index (χ1v) is 9.88. The number of esters is 1. The molecule has 0 bridgehead atoms. The van der Waals surface area contributed by atoms with E-state index in [4.69, 9.17) is 13.7 Å². The van der Waals surface area contributed by atoms with Crippen molar-refractivity contribution in [1.29, 1.82) is 0 Å². The zero-order valence-corrected chi connectivity index (χ0v) is 17.2. The molecule has 27 heavy (non-hydrogen) atoms. The van der Waals surface area contributed by atoms with Crippen LogP contribution in [0, 0.1) is 5.92 Å². The predicted octanol–water partition coefficient (Wildman–Crippen LogP) is 3.36. The molecule has 150 valence electrons. The molecule has 0 N–H and O–H groups in total. The molecule has 2 atom stereocenters. The van der Waals surface area contributed by atoms with E-state index in [1.165, 1.54) is 0 Å². The number of amides is 1.